The molecular formula is C11H16N4O2. The van der Waals surface area contributed by atoms with Gasteiger partial charge in [-0.15, -0.1) is 0 Å². The first-order valence-corrected chi connectivity index (χ1v) is 5.61. The molecule has 1 aliphatic heterocycles. The molecule has 1 saturated heterocycles. The highest BCUT2D eigenvalue weighted by atomic mass is 16.5. The van der Waals surface area contributed by atoms with Crippen LogP contribution in [0.1, 0.15) is 23.2 Å². The second kappa shape index (κ2) is 5.60. The van der Waals surface area contributed by atoms with Crippen molar-refractivity contribution in [2.24, 2.45) is 5.84 Å². The molecule has 4 N–H and O–H groups in total. The Morgan fingerprint density at radius 1 is 1.65 bits per heavy atom. The Bertz CT molecular complexity index is 391. The van der Waals surface area contributed by atoms with Crippen LogP contribution in [0.5, 0.6) is 0 Å². The molecule has 1 aliphatic rings. The summed E-state index contributed by atoms with van der Waals surface area (Å²) in [6.07, 6.45) is 5.27. The maximum Gasteiger partial charge on any atom is 0.253 e. The number of anilines is 1. The summed E-state index contributed by atoms with van der Waals surface area (Å²) in [5, 5.41) is 2.83. The first-order chi connectivity index (χ1) is 8.31. The van der Waals surface area contributed by atoms with Crippen molar-refractivity contribution in [3.05, 3.63) is 24.0 Å². The summed E-state index contributed by atoms with van der Waals surface area (Å²) in [6, 6.07) is 1.63. The number of carbonyl (C=O) groups excluding carboxylic acids is 1. The molecule has 1 unspecified atom stereocenters. The van der Waals surface area contributed by atoms with Crippen molar-refractivity contribution in [3.8, 4) is 0 Å². The number of amides is 1. The van der Waals surface area contributed by atoms with E-state index in [1.165, 1.54) is 6.20 Å². The standard InChI is InChI=1S/C11H16N4O2/c12-15-10-7-13-4-3-9(10)11(16)14-6-8-2-1-5-17-8/h3-4,7-8,15H,1-2,5-6,12H2,(H,14,16). The summed E-state index contributed by atoms with van der Waals surface area (Å²) >= 11 is 0. The zero-order valence-electron chi connectivity index (χ0n) is 9.48. The van der Waals surface area contributed by atoms with Crippen molar-refractivity contribution in [2.75, 3.05) is 18.6 Å². The first-order valence-electron chi connectivity index (χ1n) is 5.61. The fraction of sp³-hybridized carbons (Fsp3) is 0.455. The van der Waals surface area contributed by atoms with Crippen LogP contribution in [0, 0.1) is 0 Å². The van der Waals surface area contributed by atoms with Crippen molar-refractivity contribution in [1.82, 2.24) is 10.3 Å². The molecule has 0 saturated carbocycles. The number of pyridine rings is 1. The molecule has 0 radical (unpaired) electrons. The average Bonchev–Trinajstić information content (AvgIpc) is 2.89. The first kappa shape index (κ1) is 11.8. The van der Waals surface area contributed by atoms with Crippen LogP contribution in [0.15, 0.2) is 18.5 Å². The third-order valence-electron chi connectivity index (χ3n) is 2.74. The van der Waals surface area contributed by atoms with E-state index in [2.05, 4.69) is 15.7 Å². The van der Waals surface area contributed by atoms with Gasteiger partial charge in [0.15, 0.2) is 0 Å². The normalized spacial score (nSPS) is 19.0. The maximum atomic E-state index is 11.9. The van der Waals surface area contributed by atoms with Crippen LogP contribution in [0.2, 0.25) is 0 Å². The molecule has 2 rings (SSSR count). The molecule has 2 heterocycles. The van der Waals surface area contributed by atoms with E-state index in [9.17, 15) is 4.79 Å². The molecule has 17 heavy (non-hydrogen) atoms. The Morgan fingerprint density at radius 3 is 3.24 bits per heavy atom. The van der Waals surface area contributed by atoms with Crippen molar-refractivity contribution in [1.29, 1.82) is 0 Å². The third kappa shape index (κ3) is 2.92. The lowest BCUT2D eigenvalue weighted by Crippen LogP contribution is -2.32. The van der Waals surface area contributed by atoms with Gasteiger partial charge >= 0.3 is 0 Å². The third-order valence-corrected chi connectivity index (χ3v) is 2.74. The highest BCUT2D eigenvalue weighted by Gasteiger charge is 2.17. The summed E-state index contributed by atoms with van der Waals surface area (Å²) in [4.78, 5) is 15.8. The minimum Gasteiger partial charge on any atom is -0.376 e. The number of hydrogen-bond donors (Lipinski definition) is 3. The van der Waals surface area contributed by atoms with Crippen molar-refractivity contribution in [3.63, 3.8) is 0 Å². The number of aromatic nitrogens is 1. The van der Waals surface area contributed by atoms with E-state index in [0.29, 0.717) is 17.8 Å². The predicted molar refractivity (Wildman–Crippen MR) is 63.4 cm³/mol. The minimum absolute atomic E-state index is 0.134. The van der Waals surface area contributed by atoms with Gasteiger partial charge in [0.2, 0.25) is 0 Å². The second-order valence-corrected chi connectivity index (χ2v) is 3.91. The van der Waals surface area contributed by atoms with Crippen LogP contribution in [0.3, 0.4) is 0 Å². The summed E-state index contributed by atoms with van der Waals surface area (Å²) < 4.78 is 5.43. The Hall–Kier alpha value is -1.66. The molecule has 92 valence electrons. The average molecular weight is 236 g/mol. The van der Waals surface area contributed by atoms with E-state index < -0.39 is 0 Å². The molecule has 6 heteroatoms. The Kier molecular flexibility index (Phi) is 3.89. The lowest BCUT2D eigenvalue weighted by molar-refractivity contribution is 0.0858. The quantitative estimate of drug-likeness (QED) is 0.516. The summed E-state index contributed by atoms with van der Waals surface area (Å²) in [7, 11) is 0. The maximum absolute atomic E-state index is 11.9. The van der Waals surface area contributed by atoms with E-state index in [1.54, 1.807) is 12.3 Å². The molecule has 0 spiro atoms. The molecule has 0 aliphatic carbocycles. The van der Waals surface area contributed by atoms with E-state index in [-0.39, 0.29) is 12.0 Å². The van der Waals surface area contributed by atoms with Crippen molar-refractivity contribution < 1.29 is 9.53 Å². The van der Waals surface area contributed by atoms with Crippen LogP contribution in [0.4, 0.5) is 5.69 Å². The number of nitrogens with two attached hydrogens (primary N) is 1. The van der Waals surface area contributed by atoms with E-state index in [4.69, 9.17) is 10.6 Å². The Labute approximate surface area is 99.5 Å². The van der Waals surface area contributed by atoms with Crippen molar-refractivity contribution >= 4 is 11.6 Å². The number of hydrogen-bond acceptors (Lipinski definition) is 5. The van der Waals surface area contributed by atoms with E-state index in [1.807, 2.05) is 0 Å². The van der Waals surface area contributed by atoms with Gasteiger partial charge in [-0.3, -0.25) is 15.6 Å². The number of rotatable bonds is 4. The van der Waals surface area contributed by atoms with Gasteiger partial charge in [0.05, 0.1) is 23.6 Å². The number of nitrogens with zero attached hydrogens (tertiary/aromatic N) is 1. The van der Waals surface area contributed by atoms with Crippen LogP contribution in [-0.2, 0) is 4.74 Å². The van der Waals surface area contributed by atoms with Gasteiger partial charge in [-0.2, -0.15) is 0 Å². The fourth-order valence-electron chi connectivity index (χ4n) is 1.81. The fourth-order valence-corrected chi connectivity index (χ4v) is 1.81. The molecule has 1 aromatic rings. The Balaban J connectivity index is 1.94. The lowest BCUT2D eigenvalue weighted by atomic mass is 10.2. The zero-order valence-corrected chi connectivity index (χ0v) is 9.48. The largest absolute Gasteiger partial charge is 0.376 e. The number of ether oxygens (including phenoxy) is 1. The monoisotopic (exact) mass is 236 g/mol. The zero-order chi connectivity index (χ0) is 12.1. The topological polar surface area (TPSA) is 89.3 Å². The number of nitrogens with one attached hydrogen (secondary N) is 2. The van der Waals surface area contributed by atoms with Gasteiger partial charge in [-0.25, -0.2) is 0 Å². The highest BCUT2D eigenvalue weighted by molar-refractivity contribution is 5.99. The van der Waals surface area contributed by atoms with Crippen LogP contribution in [-0.4, -0.2) is 30.1 Å². The van der Waals surface area contributed by atoms with Gasteiger partial charge in [0, 0.05) is 19.3 Å². The number of nitrogen functional groups attached to an aromatic ring is 1. The molecule has 1 amide bonds. The molecule has 0 aromatic carbocycles. The molecule has 1 aromatic heterocycles. The van der Waals surface area contributed by atoms with Gasteiger partial charge in [-0.1, -0.05) is 0 Å². The van der Waals surface area contributed by atoms with Crippen LogP contribution < -0.4 is 16.6 Å². The summed E-state index contributed by atoms with van der Waals surface area (Å²) in [6.45, 7) is 1.32. The SMILES string of the molecule is NNc1cnccc1C(=O)NCC1CCCO1. The van der Waals surface area contributed by atoms with Crippen molar-refractivity contribution in [2.45, 2.75) is 18.9 Å². The highest BCUT2D eigenvalue weighted by Crippen LogP contribution is 2.13. The molecule has 6 nitrogen and oxygen atoms in total. The molecule has 1 atom stereocenters. The van der Waals surface area contributed by atoms with Crippen LogP contribution in [0.25, 0.3) is 0 Å². The lowest BCUT2D eigenvalue weighted by Gasteiger charge is -2.12. The number of hydrazine groups is 1. The second-order valence-electron chi connectivity index (χ2n) is 3.91. The van der Waals surface area contributed by atoms with Gasteiger partial charge in [0.1, 0.15) is 0 Å². The Morgan fingerprint density at radius 2 is 2.53 bits per heavy atom. The molecule has 1 fully saturated rings. The van der Waals surface area contributed by atoms with Gasteiger partial charge in [-0.05, 0) is 18.9 Å². The van der Waals surface area contributed by atoms with E-state index >= 15 is 0 Å². The molecule has 0 bridgehead atoms. The number of carbonyl (C=O) groups is 1. The van der Waals surface area contributed by atoms with Gasteiger partial charge in [0.25, 0.3) is 5.91 Å². The smallest absolute Gasteiger partial charge is 0.253 e. The van der Waals surface area contributed by atoms with Gasteiger partial charge < -0.3 is 15.5 Å². The summed E-state index contributed by atoms with van der Waals surface area (Å²) in [5.74, 6) is 5.14. The minimum atomic E-state index is -0.171. The molecular weight excluding hydrogens is 220 g/mol. The van der Waals surface area contributed by atoms with Crippen LogP contribution >= 0.6 is 0 Å². The van der Waals surface area contributed by atoms with E-state index in [0.717, 1.165) is 19.4 Å². The predicted octanol–water partition coefficient (Wildman–Crippen LogP) is 0.276. The summed E-state index contributed by atoms with van der Waals surface area (Å²) in [5.41, 5.74) is 3.45.